The molecule has 0 aliphatic rings. The number of hydrogen-bond donors (Lipinski definition) is 1. The molecule has 0 heterocycles. The van der Waals surface area contributed by atoms with Gasteiger partial charge >= 0.3 is 12.1 Å². The average Bonchev–Trinajstić information content (AvgIpc) is 2.26. The number of carbonyl (C=O) groups is 1. The number of esters is 1. The fourth-order valence-corrected chi connectivity index (χ4v) is 1.39. The van der Waals surface area contributed by atoms with Gasteiger partial charge in [-0.05, 0) is 31.0 Å². The van der Waals surface area contributed by atoms with Gasteiger partial charge in [0.2, 0.25) is 0 Å². The molecule has 0 spiro atoms. The summed E-state index contributed by atoms with van der Waals surface area (Å²) >= 11 is 0. The van der Waals surface area contributed by atoms with E-state index in [4.69, 9.17) is 10.5 Å². The number of anilines is 1. The van der Waals surface area contributed by atoms with Crippen molar-refractivity contribution in [1.29, 1.82) is 0 Å². The van der Waals surface area contributed by atoms with E-state index in [1.54, 1.807) is 19.1 Å². The third-order valence-corrected chi connectivity index (χ3v) is 2.43. The Morgan fingerprint density at radius 2 is 2.06 bits per heavy atom. The summed E-state index contributed by atoms with van der Waals surface area (Å²) in [5.41, 5.74) is 6.91. The molecule has 0 saturated heterocycles. The Labute approximate surface area is 103 Å². The molecule has 0 radical (unpaired) electrons. The van der Waals surface area contributed by atoms with E-state index in [9.17, 15) is 18.0 Å². The summed E-state index contributed by atoms with van der Waals surface area (Å²) in [5, 5.41) is 0. The molecule has 18 heavy (non-hydrogen) atoms. The number of rotatable bonds is 4. The second-order valence-electron chi connectivity index (χ2n) is 3.87. The largest absolute Gasteiger partial charge is 0.462 e. The minimum Gasteiger partial charge on any atom is -0.462 e. The van der Waals surface area contributed by atoms with Gasteiger partial charge in [0, 0.05) is 12.1 Å². The monoisotopic (exact) mass is 261 g/mol. The molecule has 1 aromatic rings. The number of carbonyl (C=O) groups excluding carboxylic acids is 1. The fourth-order valence-electron chi connectivity index (χ4n) is 1.39. The lowest BCUT2D eigenvalue weighted by Gasteiger charge is -2.09. The van der Waals surface area contributed by atoms with Gasteiger partial charge in [0.15, 0.2) is 0 Å². The number of benzene rings is 1. The summed E-state index contributed by atoms with van der Waals surface area (Å²) in [6.45, 7) is 1.40. The molecule has 0 aliphatic carbocycles. The normalized spacial score (nSPS) is 11.3. The van der Waals surface area contributed by atoms with Crippen molar-refractivity contribution in [1.82, 2.24) is 0 Å². The van der Waals surface area contributed by atoms with Crippen LogP contribution in [0.2, 0.25) is 0 Å². The lowest BCUT2D eigenvalue weighted by atomic mass is 10.1. The van der Waals surface area contributed by atoms with E-state index >= 15 is 0 Å². The number of ether oxygens (including phenoxy) is 1. The van der Waals surface area contributed by atoms with Crippen molar-refractivity contribution in [2.45, 2.75) is 25.9 Å². The van der Waals surface area contributed by atoms with Gasteiger partial charge in [-0.1, -0.05) is 6.07 Å². The minimum atomic E-state index is -4.22. The molecule has 100 valence electrons. The lowest BCUT2D eigenvalue weighted by molar-refractivity contribution is -0.137. The number of nitrogens with two attached hydrogens (primary N) is 1. The highest BCUT2D eigenvalue weighted by Gasteiger charge is 2.26. The molecule has 0 fully saturated rings. The molecular formula is C12H14F3NO2. The Morgan fingerprint density at radius 1 is 1.39 bits per heavy atom. The molecular weight excluding hydrogens is 247 g/mol. The number of hydrogen-bond acceptors (Lipinski definition) is 3. The summed E-state index contributed by atoms with van der Waals surface area (Å²) in [4.78, 5) is 11.6. The van der Waals surface area contributed by atoms with Crippen molar-refractivity contribution in [3.63, 3.8) is 0 Å². The van der Waals surface area contributed by atoms with Crippen LogP contribution >= 0.6 is 0 Å². The quantitative estimate of drug-likeness (QED) is 0.515. The van der Waals surface area contributed by atoms with Gasteiger partial charge in [0.1, 0.15) is 0 Å². The van der Waals surface area contributed by atoms with Crippen molar-refractivity contribution >= 4 is 11.7 Å². The first-order valence-corrected chi connectivity index (χ1v) is 5.40. The summed E-state index contributed by atoms with van der Waals surface area (Å²) < 4.78 is 40.4. The van der Waals surface area contributed by atoms with E-state index in [0.717, 1.165) is 0 Å². The molecule has 3 nitrogen and oxygen atoms in total. The van der Waals surface area contributed by atoms with E-state index in [2.05, 4.69) is 0 Å². The van der Waals surface area contributed by atoms with E-state index < -0.39 is 18.6 Å². The summed E-state index contributed by atoms with van der Waals surface area (Å²) in [6.07, 6.45) is -5.42. The van der Waals surface area contributed by atoms with Gasteiger partial charge < -0.3 is 10.5 Å². The second kappa shape index (κ2) is 5.75. The maximum absolute atomic E-state index is 11.9. The fraction of sp³-hybridized carbons (Fsp3) is 0.417. The van der Waals surface area contributed by atoms with Gasteiger partial charge in [-0.3, -0.25) is 0 Å². The predicted molar refractivity (Wildman–Crippen MR) is 61.2 cm³/mol. The van der Waals surface area contributed by atoms with Crippen molar-refractivity contribution in [2.75, 3.05) is 12.3 Å². The molecule has 0 saturated carbocycles. The zero-order valence-electron chi connectivity index (χ0n) is 9.88. The topological polar surface area (TPSA) is 52.3 Å². The third kappa shape index (κ3) is 4.27. The maximum Gasteiger partial charge on any atom is 0.389 e. The Morgan fingerprint density at radius 3 is 2.67 bits per heavy atom. The van der Waals surface area contributed by atoms with Crippen molar-refractivity contribution in [2.24, 2.45) is 0 Å². The van der Waals surface area contributed by atoms with Gasteiger partial charge in [0.25, 0.3) is 0 Å². The van der Waals surface area contributed by atoms with Crippen LogP contribution in [0, 0.1) is 6.92 Å². The minimum absolute atomic E-state index is 0.239. The smallest absolute Gasteiger partial charge is 0.389 e. The lowest BCUT2D eigenvalue weighted by Crippen LogP contribution is -2.12. The molecule has 1 rings (SSSR count). The van der Waals surface area contributed by atoms with E-state index in [-0.39, 0.29) is 18.6 Å². The molecule has 0 bridgehead atoms. The number of alkyl halides is 3. The van der Waals surface area contributed by atoms with E-state index in [0.29, 0.717) is 11.3 Å². The Hall–Kier alpha value is -1.72. The molecule has 0 amide bonds. The number of halogens is 3. The summed E-state index contributed by atoms with van der Waals surface area (Å²) in [5.74, 6) is -0.651. The summed E-state index contributed by atoms with van der Waals surface area (Å²) in [7, 11) is 0. The van der Waals surface area contributed by atoms with Crippen LogP contribution in [0.25, 0.3) is 0 Å². The SMILES string of the molecule is Cc1c(N)cccc1C(=O)OCCCC(F)(F)F. The van der Waals surface area contributed by atoms with Crippen LogP contribution in [0.5, 0.6) is 0 Å². The maximum atomic E-state index is 11.9. The zero-order valence-corrected chi connectivity index (χ0v) is 9.88. The standard InChI is InChI=1S/C12H14F3NO2/c1-8-9(4-2-5-10(8)16)11(17)18-7-3-6-12(13,14)15/h2,4-5H,3,6-7,16H2,1H3. The second-order valence-corrected chi connectivity index (χ2v) is 3.87. The molecule has 0 atom stereocenters. The van der Waals surface area contributed by atoms with Gasteiger partial charge in [0.05, 0.1) is 12.2 Å². The predicted octanol–water partition coefficient (Wildman–Crippen LogP) is 3.08. The van der Waals surface area contributed by atoms with Crippen molar-refractivity contribution in [3.8, 4) is 0 Å². The van der Waals surface area contributed by atoms with Crippen LogP contribution in [0.4, 0.5) is 18.9 Å². The molecule has 6 heteroatoms. The molecule has 1 aromatic carbocycles. The Kier molecular flexibility index (Phi) is 4.58. The van der Waals surface area contributed by atoms with Crippen LogP contribution in [0.15, 0.2) is 18.2 Å². The highest BCUT2D eigenvalue weighted by Crippen LogP contribution is 2.21. The van der Waals surface area contributed by atoms with Crippen LogP contribution < -0.4 is 5.73 Å². The number of nitrogen functional groups attached to an aromatic ring is 1. The van der Waals surface area contributed by atoms with Gasteiger partial charge in [-0.2, -0.15) is 13.2 Å². The van der Waals surface area contributed by atoms with Gasteiger partial charge in [-0.15, -0.1) is 0 Å². The van der Waals surface area contributed by atoms with Crippen molar-refractivity contribution < 1.29 is 22.7 Å². The highest BCUT2D eigenvalue weighted by atomic mass is 19.4. The van der Waals surface area contributed by atoms with Crippen LogP contribution in [0.3, 0.4) is 0 Å². The Balaban J connectivity index is 2.49. The zero-order chi connectivity index (χ0) is 13.8. The van der Waals surface area contributed by atoms with Crippen molar-refractivity contribution in [3.05, 3.63) is 29.3 Å². The molecule has 0 aromatic heterocycles. The third-order valence-electron chi connectivity index (χ3n) is 2.43. The average molecular weight is 261 g/mol. The molecule has 0 aliphatic heterocycles. The highest BCUT2D eigenvalue weighted by molar-refractivity contribution is 5.92. The summed E-state index contributed by atoms with van der Waals surface area (Å²) in [6, 6.07) is 4.75. The first-order valence-electron chi connectivity index (χ1n) is 5.40. The Bertz CT molecular complexity index is 430. The van der Waals surface area contributed by atoms with E-state index in [1.807, 2.05) is 0 Å². The van der Waals surface area contributed by atoms with Crippen LogP contribution in [-0.2, 0) is 4.74 Å². The molecule has 0 unspecified atom stereocenters. The molecule has 2 N–H and O–H groups in total. The first-order chi connectivity index (χ1) is 8.31. The van der Waals surface area contributed by atoms with Crippen LogP contribution in [0.1, 0.15) is 28.8 Å². The van der Waals surface area contributed by atoms with E-state index in [1.165, 1.54) is 6.07 Å². The first kappa shape index (κ1) is 14.3. The van der Waals surface area contributed by atoms with Gasteiger partial charge in [-0.25, -0.2) is 4.79 Å². The van der Waals surface area contributed by atoms with Crippen LogP contribution in [-0.4, -0.2) is 18.8 Å².